The first-order valence-corrected chi connectivity index (χ1v) is 11.4. The summed E-state index contributed by atoms with van der Waals surface area (Å²) in [5, 5.41) is 2.95. The van der Waals surface area contributed by atoms with Gasteiger partial charge in [-0.3, -0.25) is 4.79 Å². The molecule has 1 aliphatic rings. The van der Waals surface area contributed by atoms with Gasteiger partial charge in [0.2, 0.25) is 10.0 Å². The summed E-state index contributed by atoms with van der Waals surface area (Å²) >= 11 is 0. The topological polar surface area (TPSA) is 69.7 Å². The van der Waals surface area contributed by atoms with Gasteiger partial charge in [0.15, 0.2) is 0 Å². The van der Waals surface area contributed by atoms with Crippen LogP contribution in [0.25, 0.3) is 0 Å². The molecule has 0 aromatic heterocycles. The van der Waals surface area contributed by atoms with Crippen molar-refractivity contribution in [2.45, 2.75) is 30.2 Å². The fourth-order valence-corrected chi connectivity index (χ4v) is 5.18. The van der Waals surface area contributed by atoms with Crippen LogP contribution in [-0.4, -0.2) is 57.3 Å². The van der Waals surface area contributed by atoms with Crippen molar-refractivity contribution >= 4 is 15.9 Å². The van der Waals surface area contributed by atoms with Crippen LogP contribution in [0.3, 0.4) is 0 Å². The molecule has 0 saturated carbocycles. The maximum absolute atomic E-state index is 12.9. The Morgan fingerprint density at radius 2 is 1.72 bits per heavy atom. The summed E-state index contributed by atoms with van der Waals surface area (Å²) in [6.45, 7) is 1.51. The molecule has 7 heteroatoms. The number of rotatable bonds is 7. The quantitative estimate of drug-likeness (QED) is 0.755. The van der Waals surface area contributed by atoms with Crippen molar-refractivity contribution in [1.29, 1.82) is 0 Å². The molecule has 1 fully saturated rings. The lowest BCUT2D eigenvalue weighted by Crippen LogP contribution is -2.36. The van der Waals surface area contributed by atoms with Crippen LogP contribution in [0.15, 0.2) is 59.5 Å². The molecular formula is C22H29N3O3S. The summed E-state index contributed by atoms with van der Waals surface area (Å²) in [5.41, 5.74) is 1.47. The van der Waals surface area contributed by atoms with Gasteiger partial charge in [-0.05, 0) is 50.7 Å². The predicted molar refractivity (Wildman–Crippen MR) is 114 cm³/mol. The van der Waals surface area contributed by atoms with E-state index in [4.69, 9.17) is 0 Å². The molecule has 1 aliphatic heterocycles. The van der Waals surface area contributed by atoms with E-state index in [0.717, 1.165) is 24.8 Å². The third-order valence-electron chi connectivity index (χ3n) is 5.31. The SMILES string of the molecule is CN(C)C(CNC(=O)c1cccc(S(=O)(=O)N2CCCCC2)c1)c1ccccc1. The van der Waals surface area contributed by atoms with Gasteiger partial charge in [0.25, 0.3) is 5.91 Å². The van der Waals surface area contributed by atoms with Gasteiger partial charge in [-0.1, -0.05) is 42.8 Å². The summed E-state index contributed by atoms with van der Waals surface area (Å²) in [7, 11) is 0.375. The summed E-state index contributed by atoms with van der Waals surface area (Å²) in [4.78, 5) is 14.9. The molecule has 0 radical (unpaired) electrons. The second-order valence-electron chi connectivity index (χ2n) is 7.59. The largest absolute Gasteiger partial charge is 0.350 e. The van der Waals surface area contributed by atoms with E-state index in [9.17, 15) is 13.2 Å². The van der Waals surface area contributed by atoms with Gasteiger partial charge in [-0.25, -0.2) is 8.42 Å². The molecule has 156 valence electrons. The van der Waals surface area contributed by atoms with Gasteiger partial charge < -0.3 is 10.2 Å². The van der Waals surface area contributed by atoms with E-state index < -0.39 is 10.0 Å². The minimum atomic E-state index is -3.56. The minimum absolute atomic E-state index is 0.0282. The Morgan fingerprint density at radius 1 is 1.03 bits per heavy atom. The van der Waals surface area contributed by atoms with E-state index in [0.29, 0.717) is 25.2 Å². The molecule has 6 nitrogen and oxygen atoms in total. The van der Waals surface area contributed by atoms with Crippen LogP contribution >= 0.6 is 0 Å². The number of benzene rings is 2. The van der Waals surface area contributed by atoms with Crippen LogP contribution in [0.1, 0.15) is 41.2 Å². The van der Waals surface area contributed by atoms with Gasteiger partial charge in [0.1, 0.15) is 0 Å². The maximum atomic E-state index is 12.9. The van der Waals surface area contributed by atoms with Gasteiger partial charge in [0.05, 0.1) is 10.9 Å². The molecule has 1 N–H and O–H groups in total. The molecule has 2 aromatic carbocycles. The smallest absolute Gasteiger partial charge is 0.251 e. The van der Waals surface area contributed by atoms with E-state index >= 15 is 0 Å². The Morgan fingerprint density at radius 3 is 2.38 bits per heavy atom. The van der Waals surface area contributed by atoms with Crippen LogP contribution in [0.4, 0.5) is 0 Å². The number of amides is 1. The highest BCUT2D eigenvalue weighted by atomic mass is 32.2. The third-order valence-corrected chi connectivity index (χ3v) is 7.21. The summed E-state index contributed by atoms with van der Waals surface area (Å²) in [5.74, 6) is -0.275. The van der Waals surface area contributed by atoms with Crippen LogP contribution in [0.2, 0.25) is 0 Å². The Kier molecular flexibility index (Phi) is 7.05. The number of nitrogens with one attached hydrogen (secondary N) is 1. The second-order valence-corrected chi connectivity index (χ2v) is 9.53. The molecule has 3 rings (SSSR count). The molecular weight excluding hydrogens is 386 g/mol. The average Bonchev–Trinajstić information content (AvgIpc) is 2.75. The van der Waals surface area contributed by atoms with E-state index in [1.807, 2.05) is 49.3 Å². The predicted octanol–water partition coefficient (Wildman–Crippen LogP) is 2.89. The van der Waals surface area contributed by atoms with Crippen molar-refractivity contribution in [2.24, 2.45) is 0 Å². The Hall–Kier alpha value is -2.22. The van der Waals surface area contributed by atoms with Gasteiger partial charge in [-0.2, -0.15) is 4.31 Å². The highest BCUT2D eigenvalue weighted by Gasteiger charge is 2.26. The molecule has 1 amide bonds. The van der Waals surface area contributed by atoms with Crippen molar-refractivity contribution in [3.05, 3.63) is 65.7 Å². The number of hydrogen-bond acceptors (Lipinski definition) is 4. The van der Waals surface area contributed by atoms with Gasteiger partial charge in [0, 0.05) is 25.2 Å². The molecule has 1 saturated heterocycles. The zero-order valence-corrected chi connectivity index (χ0v) is 17.9. The minimum Gasteiger partial charge on any atom is -0.350 e. The summed E-state index contributed by atoms with van der Waals surface area (Å²) in [6.07, 6.45) is 2.82. The highest BCUT2D eigenvalue weighted by molar-refractivity contribution is 7.89. The number of nitrogens with zero attached hydrogens (tertiary/aromatic N) is 2. The lowest BCUT2D eigenvalue weighted by atomic mass is 10.1. The highest BCUT2D eigenvalue weighted by Crippen LogP contribution is 2.22. The number of piperidine rings is 1. The van der Waals surface area contributed by atoms with Crippen molar-refractivity contribution in [3.8, 4) is 0 Å². The molecule has 0 aliphatic carbocycles. The van der Waals surface area contributed by atoms with Crippen LogP contribution < -0.4 is 5.32 Å². The monoisotopic (exact) mass is 415 g/mol. The standard InChI is InChI=1S/C22H29N3O3S/c1-24(2)21(18-10-5-3-6-11-18)17-23-22(26)19-12-9-13-20(16-19)29(27,28)25-14-7-4-8-15-25/h3,5-6,9-13,16,21H,4,7-8,14-15,17H2,1-2H3,(H,23,26). The van der Waals surface area contributed by atoms with Crippen molar-refractivity contribution in [2.75, 3.05) is 33.7 Å². The number of carbonyl (C=O) groups is 1. The van der Waals surface area contributed by atoms with Crippen LogP contribution in [0.5, 0.6) is 0 Å². The molecule has 0 spiro atoms. The van der Waals surface area contributed by atoms with Crippen molar-refractivity contribution in [1.82, 2.24) is 14.5 Å². The number of likely N-dealkylation sites (N-methyl/N-ethyl adjacent to an activating group) is 1. The van der Waals surface area contributed by atoms with Gasteiger partial charge in [-0.15, -0.1) is 0 Å². The summed E-state index contributed by atoms with van der Waals surface area (Å²) in [6, 6.07) is 16.3. The lowest BCUT2D eigenvalue weighted by Gasteiger charge is -2.26. The van der Waals surface area contributed by atoms with E-state index in [2.05, 4.69) is 5.32 Å². The third kappa shape index (κ3) is 5.23. The van der Waals surface area contributed by atoms with Crippen molar-refractivity contribution < 1.29 is 13.2 Å². The molecule has 1 atom stereocenters. The first kappa shape index (κ1) is 21.5. The normalized spacial score (nSPS) is 16.5. The Labute approximate surface area is 173 Å². The maximum Gasteiger partial charge on any atom is 0.251 e. The number of carbonyl (C=O) groups excluding carboxylic acids is 1. The first-order chi connectivity index (χ1) is 13.9. The van der Waals surface area contributed by atoms with E-state index in [1.165, 1.54) is 10.4 Å². The van der Waals surface area contributed by atoms with E-state index in [1.54, 1.807) is 18.2 Å². The number of hydrogen-bond donors (Lipinski definition) is 1. The molecule has 2 aromatic rings. The zero-order valence-electron chi connectivity index (χ0n) is 17.0. The Balaban J connectivity index is 1.72. The zero-order chi connectivity index (χ0) is 20.9. The molecule has 29 heavy (non-hydrogen) atoms. The van der Waals surface area contributed by atoms with Crippen LogP contribution in [-0.2, 0) is 10.0 Å². The van der Waals surface area contributed by atoms with E-state index in [-0.39, 0.29) is 16.8 Å². The van der Waals surface area contributed by atoms with Gasteiger partial charge >= 0.3 is 0 Å². The summed E-state index contributed by atoms with van der Waals surface area (Å²) < 4.78 is 27.3. The number of sulfonamides is 1. The molecule has 1 unspecified atom stereocenters. The fourth-order valence-electron chi connectivity index (χ4n) is 3.62. The van der Waals surface area contributed by atoms with Crippen molar-refractivity contribution in [3.63, 3.8) is 0 Å². The lowest BCUT2D eigenvalue weighted by molar-refractivity contribution is 0.0941. The molecule has 1 heterocycles. The van der Waals surface area contributed by atoms with Crippen LogP contribution in [0, 0.1) is 0 Å². The molecule has 0 bridgehead atoms. The second kappa shape index (κ2) is 9.52. The average molecular weight is 416 g/mol. The Bertz CT molecular complexity index is 923. The fraction of sp³-hybridized carbons (Fsp3) is 0.409. The first-order valence-electron chi connectivity index (χ1n) is 9.99.